The Morgan fingerprint density at radius 3 is 2.27 bits per heavy atom. The van der Waals surface area contributed by atoms with Crippen LogP contribution in [0.2, 0.25) is 0 Å². The fraction of sp³-hybridized carbons (Fsp3) is 0.556. The summed E-state index contributed by atoms with van der Waals surface area (Å²) in [5, 5.41) is 5.28. The molecule has 0 fully saturated rings. The lowest BCUT2D eigenvalue weighted by atomic mass is 10.0. The molecule has 1 heterocycles. The van der Waals surface area contributed by atoms with Gasteiger partial charge in [0.15, 0.2) is 5.78 Å². The molecule has 0 bridgehead atoms. The molecule has 8 nitrogen and oxygen atoms in total. The maximum atomic E-state index is 12.6. The summed E-state index contributed by atoms with van der Waals surface area (Å²) in [5.41, 5.74) is 12.2. The first-order chi connectivity index (χ1) is 12.4. The van der Waals surface area contributed by atoms with Gasteiger partial charge in [-0.25, -0.2) is 0 Å². The van der Waals surface area contributed by atoms with Gasteiger partial charge in [0.05, 0.1) is 12.1 Å². The molecule has 0 spiro atoms. The van der Waals surface area contributed by atoms with Gasteiger partial charge >= 0.3 is 0 Å². The van der Waals surface area contributed by atoms with Crippen LogP contribution in [0.1, 0.15) is 38.7 Å². The number of carbonyl (C=O) groups excluding carboxylic acids is 3. The summed E-state index contributed by atoms with van der Waals surface area (Å²) >= 11 is 0. The van der Waals surface area contributed by atoms with E-state index in [9.17, 15) is 14.4 Å². The smallest absolute Gasteiger partial charge is 0.243 e. The van der Waals surface area contributed by atoms with E-state index in [0.29, 0.717) is 6.42 Å². The third-order valence-electron chi connectivity index (χ3n) is 4.07. The third kappa shape index (κ3) is 7.28. The first-order valence-corrected chi connectivity index (χ1v) is 8.84. The molecule has 8 heteroatoms. The first-order valence-electron chi connectivity index (χ1n) is 8.84. The van der Waals surface area contributed by atoms with E-state index < -0.39 is 24.0 Å². The molecule has 1 aromatic rings. The van der Waals surface area contributed by atoms with Crippen molar-refractivity contribution >= 4 is 17.6 Å². The number of rotatable bonds is 11. The molecule has 0 saturated heterocycles. The number of nitrogens with two attached hydrogens (primary N) is 2. The molecule has 6 N–H and O–H groups in total. The monoisotopic (exact) mass is 363 g/mol. The third-order valence-corrected chi connectivity index (χ3v) is 4.07. The molecule has 1 rings (SSSR count). The summed E-state index contributed by atoms with van der Waals surface area (Å²) < 4.78 is 0. The minimum atomic E-state index is -0.856. The second-order valence-electron chi connectivity index (χ2n) is 6.28. The lowest BCUT2D eigenvalue weighted by molar-refractivity contribution is -0.131. The number of Topliss-reactive ketones (excluding diaryl/α,β-unsaturated/α-hetero) is 1. The molecule has 0 unspecified atom stereocenters. The second-order valence-corrected chi connectivity index (χ2v) is 6.28. The SMILES string of the molecule is CCCC[C@H](N)C(=O)N[C@@H](Cc1ccncc1)C(=O)N[C@@H](CN)C(C)=O. The highest BCUT2D eigenvalue weighted by atomic mass is 16.2. The Morgan fingerprint density at radius 2 is 1.73 bits per heavy atom. The molecule has 0 aromatic carbocycles. The fourth-order valence-corrected chi connectivity index (χ4v) is 2.40. The van der Waals surface area contributed by atoms with Crippen LogP contribution in [0.5, 0.6) is 0 Å². The number of unbranched alkanes of at least 4 members (excludes halogenated alkanes) is 1. The lowest BCUT2D eigenvalue weighted by Crippen LogP contribution is -2.56. The van der Waals surface area contributed by atoms with Gasteiger partial charge in [-0.3, -0.25) is 19.4 Å². The number of aromatic nitrogens is 1. The summed E-state index contributed by atoms with van der Waals surface area (Å²) in [5.74, 6) is -1.10. The van der Waals surface area contributed by atoms with Crippen molar-refractivity contribution in [2.75, 3.05) is 6.54 Å². The normalized spacial score (nSPS) is 14.2. The van der Waals surface area contributed by atoms with Crippen molar-refractivity contribution < 1.29 is 14.4 Å². The largest absolute Gasteiger partial charge is 0.343 e. The Kier molecular flexibility index (Phi) is 9.46. The molecule has 144 valence electrons. The van der Waals surface area contributed by atoms with Gasteiger partial charge in [-0.05, 0) is 31.0 Å². The number of amides is 2. The molecule has 3 atom stereocenters. The maximum Gasteiger partial charge on any atom is 0.243 e. The summed E-state index contributed by atoms with van der Waals surface area (Å²) in [4.78, 5) is 40.4. The quantitative estimate of drug-likeness (QED) is 0.424. The van der Waals surface area contributed by atoms with Crippen LogP contribution in [-0.4, -0.2) is 47.3 Å². The van der Waals surface area contributed by atoms with Gasteiger partial charge in [0.2, 0.25) is 11.8 Å². The number of hydrogen-bond acceptors (Lipinski definition) is 6. The number of nitrogens with zero attached hydrogens (tertiary/aromatic N) is 1. The molecule has 0 aliphatic carbocycles. The Bertz CT molecular complexity index is 594. The van der Waals surface area contributed by atoms with Gasteiger partial charge in [0.25, 0.3) is 0 Å². The number of ketones is 1. The second kappa shape index (κ2) is 11.3. The van der Waals surface area contributed by atoms with E-state index in [1.807, 2.05) is 6.92 Å². The van der Waals surface area contributed by atoms with Crippen LogP contribution in [-0.2, 0) is 20.8 Å². The Labute approximate surface area is 154 Å². The van der Waals surface area contributed by atoms with Gasteiger partial charge in [-0.15, -0.1) is 0 Å². The van der Waals surface area contributed by atoms with Crippen LogP contribution in [0.25, 0.3) is 0 Å². The summed E-state index contributed by atoms with van der Waals surface area (Å²) in [6, 6.07) is 1.20. The highest BCUT2D eigenvalue weighted by Gasteiger charge is 2.26. The number of carbonyl (C=O) groups is 3. The van der Waals surface area contributed by atoms with Crippen LogP contribution in [0.4, 0.5) is 0 Å². The fourth-order valence-electron chi connectivity index (χ4n) is 2.40. The van der Waals surface area contributed by atoms with Crippen LogP contribution in [0, 0.1) is 0 Å². The molecule has 2 amide bonds. The van der Waals surface area contributed by atoms with Crippen molar-refractivity contribution in [1.29, 1.82) is 0 Å². The Morgan fingerprint density at radius 1 is 1.12 bits per heavy atom. The average molecular weight is 363 g/mol. The van der Waals surface area contributed by atoms with Crippen molar-refractivity contribution in [3.8, 4) is 0 Å². The van der Waals surface area contributed by atoms with Crippen LogP contribution in [0.15, 0.2) is 24.5 Å². The first kappa shape index (κ1) is 21.7. The zero-order valence-corrected chi connectivity index (χ0v) is 15.4. The molecule has 0 radical (unpaired) electrons. The summed E-state index contributed by atoms with van der Waals surface area (Å²) in [6.45, 7) is 3.36. The molecule has 0 saturated carbocycles. The minimum Gasteiger partial charge on any atom is -0.343 e. The molecule has 26 heavy (non-hydrogen) atoms. The van der Waals surface area contributed by atoms with Crippen LogP contribution in [0.3, 0.4) is 0 Å². The van der Waals surface area contributed by atoms with Crippen molar-refractivity contribution in [2.45, 2.75) is 57.7 Å². The number of hydrogen-bond donors (Lipinski definition) is 4. The van der Waals surface area contributed by atoms with Crippen molar-refractivity contribution in [1.82, 2.24) is 15.6 Å². The molecule has 1 aromatic heterocycles. The number of nitrogens with one attached hydrogen (secondary N) is 2. The average Bonchev–Trinajstić information content (AvgIpc) is 2.63. The van der Waals surface area contributed by atoms with Gasteiger partial charge < -0.3 is 22.1 Å². The predicted molar refractivity (Wildman–Crippen MR) is 99.0 cm³/mol. The van der Waals surface area contributed by atoms with E-state index in [4.69, 9.17) is 11.5 Å². The van der Waals surface area contributed by atoms with Gasteiger partial charge in [0.1, 0.15) is 6.04 Å². The molecule has 0 aliphatic rings. The lowest BCUT2D eigenvalue weighted by Gasteiger charge is -2.23. The summed E-state index contributed by atoms with van der Waals surface area (Å²) in [7, 11) is 0. The zero-order valence-electron chi connectivity index (χ0n) is 15.4. The van der Waals surface area contributed by atoms with Crippen molar-refractivity contribution in [2.24, 2.45) is 11.5 Å². The van der Waals surface area contributed by atoms with E-state index in [2.05, 4.69) is 15.6 Å². The van der Waals surface area contributed by atoms with E-state index in [1.165, 1.54) is 6.92 Å². The highest BCUT2D eigenvalue weighted by molar-refractivity contribution is 5.93. The molecular formula is C18H29N5O3. The topological polar surface area (TPSA) is 140 Å². The van der Waals surface area contributed by atoms with Crippen molar-refractivity contribution in [3.63, 3.8) is 0 Å². The summed E-state index contributed by atoms with van der Waals surface area (Å²) in [6.07, 6.45) is 5.78. The minimum absolute atomic E-state index is 0.00693. The maximum absolute atomic E-state index is 12.6. The highest BCUT2D eigenvalue weighted by Crippen LogP contribution is 2.05. The van der Waals surface area contributed by atoms with Crippen LogP contribution >= 0.6 is 0 Å². The zero-order chi connectivity index (χ0) is 19.5. The molecular weight excluding hydrogens is 334 g/mol. The standard InChI is InChI=1S/C18H29N5O3/c1-3-4-5-14(20)17(25)22-15(10-13-6-8-21-9-7-13)18(26)23-16(11-19)12(2)24/h6-9,14-16H,3-5,10-11,19-20H2,1-2H3,(H,22,25)(H,23,26)/t14-,15-,16-/m0/s1. The van der Waals surface area contributed by atoms with Gasteiger partial charge in [-0.2, -0.15) is 0 Å². The van der Waals surface area contributed by atoms with E-state index in [-0.39, 0.29) is 24.7 Å². The Hall–Kier alpha value is -2.32. The van der Waals surface area contributed by atoms with Gasteiger partial charge in [-0.1, -0.05) is 19.8 Å². The van der Waals surface area contributed by atoms with E-state index in [1.54, 1.807) is 24.5 Å². The van der Waals surface area contributed by atoms with Gasteiger partial charge in [0, 0.05) is 25.4 Å². The van der Waals surface area contributed by atoms with Crippen molar-refractivity contribution in [3.05, 3.63) is 30.1 Å². The number of pyridine rings is 1. The Balaban J connectivity index is 2.85. The molecule has 0 aliphatic heterocycles. The van der Waals surface area contributed by atoms with E-state index >= 15 is 0 Å². The van der Waals surface area contributed by atoms with E-state index in [0.717, 1.165) is 18.4 Å². The predicted octanol–water partition coefficient (Wildman–Crippen LogP) is -0.341. The van der Waals surface area contributed by atoms with Crippen LogP contribution < -0.4 is 22.1 Å².